The molecule has 1 aliphatic rings. The van der Waals surface area contributed by atoms with Crippen LogP contribution >= 0.6 is 0 Å². The van der Waals surface area contributed by atoms with Crippen molar-refractivity contribution in [3.8, 4) is 0 Å². The molecule has 1 saturated heterocycles. The van der Waals surface area contributed by atoms with Gasteiger partial charge in [0.15, 0.2) is 0 Å². The fraction of sp³-hybridized carbons (Fsp3) is 1.00. The van der Waals surface area contributed by atoms with E-state index in [1.54, 1.807) is 0 Å². The maximum Gasteiger partial charge on any atom is 0.0864 e. The lowest BCUT2D eigenvalue weighted by molar-refractivity contribution is 0.0582. The minimum absolute atomic E-state index is 0.201. The molecule has 1 rings (SSSR count). The Kier molecular flexibility index (Phi) is 3.50. The summed E-state index contributed by atoms with van der Waals surface area (Å²) in [4.78, 5) is 2.37. The number of nitrogens with two attached hydrogens (primary N) is 1. The van der Waals surface area contributed by atoms with Crippen LogP contribution in [0.3, 0.4) is 0 Å². The molecule has 1 heterocycles. The summed E-state index contributed by atoms with van der Waals surface area (Å²) < 4.78 is 5.53. The minimum atomic E-state index is 0.201. The van der Waals surface area contributed by atoms with Crippen molar-refractivity contribution in [3.63, 3.8) is 0 Å². The predicted molar refractivity (Wildman–Crippen MR) is 50.1 cm³/mol. The number of rotatable bonds is 3. The number of hydrogen-bond acceptors (Lipinski definition) is 3. The van der Waals surface area contributed by atoms with E-state index >= 15 is 0 Å². The highest BCUT2D eigenvalue weighted by molar-refractivity contribution is 4.89. The summed E-state index contributed by atoms with van der Waals surface area (Å²) >= 11 is 0. The highest BCUT2D eigenvalue weighted by atomic mass is 16.5. The predicted octanol–water partition coefficient (Wildman–Crippen LogP) is 0.443. The molecule has 2 atom stereocenters. The van der Waals surface area contributed by atoms with Crippen LogP contribution in [0.15, 0.2) is 0 Å². The maximum absolute atomic E-state index is 5.93. The first-order valence-corrected chi connectivity index (χ1v) is 4.76. The van der Waals surface area contributed by atoms with E-state index in [9.17, 15) is 0 Å². The van der Waals surface area contributed by atoms with Crippen molar-refractivity contribution in [3.05, 3.63) is 0 Å². The molecule has 0 aromatic heterocycles. The van der Waals surface area contributed by atoms with Gasteiger partial charge in [0.25, 0.3) is 0 Å². The Morgan fingerprint density at radius 2 is 2.17 bits per heavy atom. The van der Waals surface area contributed by atoms with Crippen molar-refractivity contribution in [2.75, 3.05) is 19.7 Å². The van der Waals surface area contributed by atoms with Crippen LogP contribution in [-0.4, -0.2) is 42.8 Å². The van der Waals surface area contributed by atoms with E-state index in [1.807, 2.05) is 6.92 Å². The smallest absolute Gasteiger partial charge is 0.0864 e. The van der Waals surface area contributed by atoms with E-state index in [0.717, 1.165) is 19.7 Å². The lowest BCUT2D eigenvalue weighted by Crippen LogP contribution is -2.35. The Labute approximate surface area is 74.9 Å². The lowest BCUT2D eigenvalue weighted by Gasteiger charge is -2.19. The highest BCUT2D eigenvalue weighted by Gasteiger charge is 2.31. The van der Waals surface area contributed by atoms with Gasteiger partial charge in [-0.05, 0) is 20.8 Å². The van der Waals surface area contributed by atoms with Gasteiger partial charge in [0, 0.05) is 31.8 Å². The molecule has 0 aliphatic carbocycles. The second-order valence-electron chi connectivity index (χ2n) is 3.71. The third-order valence-corrected chi connectivity index (χ3v) is 2.45. The van der Waals surface area contributed by atoms with Crippen molar-refractivity contribution >= 4 is 0 Å². The standard InChI is InChI=1S/C9H20N2O/c1-4-12-9-6-11(7(2)3)5-8(9)10/h7-9H,4-6,10H2,1-3H3/t8-,9?/m0/s1. The molecule has 12 heavy (non-hydrogen) atoms. The Hall–Kier alpha value is -0.120. The van der Waals surface area contributed by atoms with E-state index in [2.05, 4.69) is 18.7 Å². The fourth-order valence-electron chi connectivity index (χ4n) is 1.64. The molecule has 0 aromatic rings. The summed E-state index contributed by atoms with van der Waals surface area (Å²) in [6, 6.07) is 0.786. The molecule has 0 radical (unpaired) electrons. The van der Waals surface area contributed by atoms with E-state index < -0.39 is 0 Å². The monoisotopic (exact) mass is 172 g/mol. The Balaban J connectivity index is 2.39. The molecule has 0 saturated carbocycles. The van der Waals surface area contributed by atoms with Crippen molar-refractivity contribution < 1.29 is 4.74 Å². The molecular weight excluding hydrogens is 152 g/mol. The second-order valence-corrected chi connectivity index (χ2v) is 3.71. The third kappa shape index (κ3) is 2.19. The zero-order chi connectivity index (χ0) is 9.14. The normalized spacial score (nSPS) is 31.8. The summed E-state index contributed by atoms with van der Waals surface area (Å²) in [7, 11) is 0. The molecule has 1 unspecified atom stereocenters. The van der Waals surface area contributed by atoms with Crippen molar-refractivity contribution in [2.24, 2.45) is 5.73 Å². The molecule has 3 heteroatoms. The van der Waals surface area contributed by atoms with Crippen molar-refractivity contribution in [1.82, 2.24) is 4.90 Å². The molecule has 3 nitrogen and oxygen atoms in total. The molecule has 0 aromatic carbocycles. The molecule has 0 bridgehead atoms. The topological polar surface area (TPSA) is 38.5 Å². The summed E-state index contributed by atoms with van der Waals surface area (Å²) in [5.74, 6) is 0. The van der Waals surface area contributed by atoms with Crippen molar-refractivity contribution in [2.45, 2.75) is 39.0 Å². The number of hydrogen-bond donors (Lipinski definition) is 1. The summed E-state index contributed by atoms with van der Waals surface area (Å²) in [6.45, 7) is 9.14. The van der Waals surface area contributed by atoms with Crippen LogP contribution in [0.2, 0.25) is 0 Å². The van der Waals surface area contributed by atoms with Crippen molar-refractivity contribution in [1.29, 1.82) is 0 Å². The molecule has 2 N–H and O–H groups in total. The van der Waals surface area contributed by atoms with Crippen LogP contribution in [0.1, 0.15) is 20.8 Å². The Bertz CT molecular complexity index is 138. The van der Waals surface area contributed by atoms with Gasteiger partial charge in [0.1, 0.15) is 0 Å². The molecule has 0 spiro atoms. The summed E-state index contributed by atoms with van der Waals surface area (Å²) in [6.07, 6.45) is 0.248. The molecule has 72 valence electrons. The van der Waals surface area contributed by atoms with Gasteiger partial charge in [-0.2, -0.15) is 0 Å². The zero-order valence-corrected chi connectivity index (χ0v) is 8.29. The van der Waals surface area contributed by atoms with Gasteiger partial charge in [-0.25, -0.2) is 0 Å². The van der Waals surface area contributed by atoms with Gasteiger partial charge >= 0.3 is 0 Å². The quantitative estimate of drug-likeness (QED) is 0.671. The number of nitrogens with zero attached hydrogens (tertiary/aromatic N) is 1. The molecular formula is C9H20N2O. The van der Waals surface area contributed by atoms with Crippen LogP contribution in [-0.2, 0) is 4.74 Å². The summed E-state index contributed by atoms with van der Waals surface area (Å²) in [5.41, 5.74) is 5.93. The van der Waals surface area contributed by atoms with Crippen LogP contribution in [0.25, 0.3) is 0 Å². The minimum Gasteiger partial charge on any atom is -0.376 e. The summed E-state index contributed by atoms with van der Waals surface area (Å²) in [5, 5.41) is 0. The first-order valence-electron chi connectivity index (χ1n) is 4.76. The first-order chi connectivity index (χ1) is 5.65. The van der Waals surface area contributed by atoms with E-state index in [4.69, 9.17) is 10.5 Å². The van der Waals surface area contributed by atoms with Crippen LogP contribution < -0.4 is 5.73 Å². The molecule has 1 fully saturated rings. The van der Waals surface area contributed by atoms with Gasteiger partial charge < -0.3 is 10.5 Å². The first kappa shape index (κ1) is 9.96. The van der Waals surface area contributed by atoms with E-state index in [1.165, 1.54) is 0 Å². The number of ether oxygens (including phenoxy) is 1. The molecule has 0 amide bonds. The van der Waals surface area contributed by atoms with Gasteiger partial charge in [0.05, 0.1) is 6.10 Å². The zero-order valence-electron chi connectivity index (χ0n) is 8.29. The second kappa shape index (κ2) is 4.21. The van der Waals surface area contributed by atoms with Gasteiger partial charge in [-0.3, -0.25) is 4.90 Å². The fourth-order valence-corrected chi connectivity index (χ4v) is 1.64. The van der Waals surface area contributed by atoms with Crippen LogP contribution in [0.4, 0.5) is 0 Å². The van der Waals surface area contributed by atoms with Crippen LogP contribution in [0, 0.1) is 0 Å². The van der Waals surface area contributed by atoms with E-state index in [0.29, 0.717) is 6.04 Å². The average Bonchev–Trinajstić information content (AvgIpc) is 2.34. The van der Waals surface area contributed by atoms with Gasteiger partial charge in [0.2, 0.25) is 0 Å². The Morgan fingerprint density at radius 3 is 2.58 bits per heavy atom. The van der Waals surface area contributed by atoms with Gasteiger partial charge in [-0.1, -0.05) is 0 Å². The van der Waals surface area contributed by atoms with E-state index in [-0.39, 0.29) is 12.1 Å². The molecule has 1 aliphatic heterocycles. The average molecular weight is 172 g/mol. The van der Waals surface area contributed by atoms with Gasteiger partial charge in [-0.15, -0.1) is 0 Å². The lowest BCUT2D eigenvalue weighted by atomic mass is 10.2. The maximum atomic E-state index is 5.93. The van der Waals surface area contributed by atoms with Crippen LogP contribution in [0.5, 0.6) is 0 Å². The number of likely N-dealkylation sites (tertiary alicyclic amines) is 1. The largest absolute Gasteiger partial charge is 0.376 e. The Morgan fingerprint density at radius 1 is 1.50 bits per heavy atom. The SMILES string of the molecule is CCOC1CN(C(C)C)C[C@@H]1N. The highest BCUT2D eigenvalue weighted by Crippen LogP contribution is 2.14. The third-order valence-electron chi connectivity index (χ3n) is 2.45.